The van der Waals surface area contributed by atoms with Gasteiger partial charge < -0.3 is 10.2 Å². The van der Waals surface area contributed by atoms with Crippen LogP contribution in [-0.4, -0.2) is 25.7 Å². The summed E-state index contributed by atoms with van der Waals surface area (Å²) in [4.78, 5) is 2.55. The highest BCUT2D eigenvalue weighted by atomic mass is 35.5. The van der Waals surface area contributed by atoms with Gasteiger partial charge in [-0.2, -0.15) is 0 Å². The highest BCUT2D eigenvalue weighted by molar-refractivity contribution is 6.30. The highest BCUT2D eigenvalue weighted by Gasteiger charge is 2.19. The zero-order valence-corrected chi connectivity index (χ0v) is 13.0. The molecule has 1 aromatic carbocycles. The number of hydrogen-bond donors (Lipinski definition) is 1. The van der Waals surface area contributed by atoms with Gasteiger partial charge in [-0.05, 0) is 68.8 Å². The molecule has 0 aromatic heterocycles. The number of nitrogens with one attached hydrogen (secondary N) is 1. The van der Waals surface area contributed by atoms with E-state index in [0.29, 0.717) is 6.04 Å². The molecule has 0 saturated carbocycles. The molecule has 2 aliphatic rings. The third kappa shape index (κ3) is 3.48. The Labute approximate surface area is 127 Å². The van der Waals surface area contributed by atoms with E-state index in [-0.39, 0.29) is 0 Å². The average molecular weight is 293 g/mol. The lowest BCUT2D eigenvalue weighted by Gasteiger charge is -2.32. The Kier molecular flexibility index (Phi) is 4.85. The fourth-order valence-electron chi connectivity index (χ4n) is 3.52. The summed E-state index contributed by atoms with van der Waals surface area (Å²) >= 11 is 6.23. The summed E-state index contributed by atoms with van der Waals surface area (Å²) < 4.78 is 0. The smallest absolute Gasteiger partial charge is 0.0410 e. The summed E-state index contributed by atoms with van der Waals surface area (Å²) in [5.41, 5.74) is 2.85. The lowest BCUT2D eigenvalue weighted by atomic mass is 9.96. The summed E-state index contributed by atoms with van der Waals surface area (Å²) in [6.07, 6.45) is 9.12. The first-order chi connectivity index (χ1) is 9.83. The molecule has 20 heavy (non-hydrogen) atoms. The van der Waals surface area contributed by atoms with E-state index in [1.54, 1.807) is 0 Å². The third-order valence-electron chi connectivity index (χ3n) is 4.62. The van der Waals surface area contributed by atoms with Gasteiger partial charge in [0.15, 0.2) is 0 Å². The largest absolute Gasteiger partial charge is 0.371 e. The van der Waals surface area contributed by atoms with Crippen LogP contribution < -0.4 is 10.2 Å². The topological polar surface area (TPSA) is 15.3 Å². The van der Waals surface area contributed by atoms with Crippen molar-refractivity contribution in [1.82, 2.24) is 5.32 Å². The molecular weight excluding hydrogens is 268 g/mol. The van der Waals surface area contributed by atoms with Crippen LogP contribution in [0, 0.1) is 0 Å². The highest BCUT2D eigenvalue weighted by Crippen LogP contribution is 2.29. The van der Waals surface area contributed by atoms with Gasteiger partial charge >= 0.3 is 0 Å². The molecule has 110 valence electrons. The number of anilines is 1. The number of halogens is 1. The number of benzene rings is 1. The number of rotatable bonds is 3. The number of nitrogens with zero attached hydrogens (tertiary/aromatic N) is 1. The zero-order chi connectivity index (χ0) is 13.8. The van der Waals surface area contributed by atoms with Gasteiger partial charge in [0, 0.05) is 29.8 Å². The Balaban J connectivity index is 1.77. The maximum absolute atomic E-state index is 6.23. The van der Waals surface area contributed by atoms with Crippen molar-refractivity contribution in [2.45, 2.75) is 51.0 Å². The molecule has 0 aliphatic carbocycles. The van der Waals surface area contributed by atoms with Crippen LogP contribution in [0.2, 0.25) is 5.02 Å². The maximum Gasteiger partial charge on any atom is 0.0410 e. The molecule has 3 heteroatoms. The minimum absolute atomic E-state index is 0.630. The first-order valence-corrected chi connectivity index (χ1v) is 8.47. The van der Waals surface area contributed by atoms with Crippen molar-refractivity contribution in [2.24, 2.45) is 0 Å². The molecule has 1 N–H and O–H groups in total. The van der Waals surface area contributed by atoms with Crippen molar-refractivity contribution in [2.75, 3.05) is 24.5 Å². The molecule has 2 aliphatic heterocycles. The van der Waals surface area contributed by atoms with Gasteiger partial charge in [-0.3, -0.25) is 0 Å². The van der Waals surface area contributed by atoms with Crippen LogP contribution in [0.15, 0.2) is 18.2 Å². The monoisotopic (exact) mass is 292 g/mol. The second kappa shape index (κ2) is 6.82. The first kappa shape index (κ1) is 14.2. The van der Waals surface area contributed by atoms with E-state index in [4.69, 9.17) is 11.6 Å². The predicted octanol–water partition coefficient (Wildman–Crippen LogP) is 4.01. The summed E-state index contributed by atoms with van der Waals surface area (Å²) in [5, 5.41) is 4.53. The van der Waals surface area contributed by atoms with Crippen molar-refractivity contribution in [3.05, 3.63) is 28.8 Å². The molecule has 0 bridgehead atoms. The van der Waals surface area contributed by atoms with E-state index in [0.717, 1.165) is 11.4 Å². The molecule has 2 saturated heterocycles. The Hall–Kier alpha value is -0.730. The number of hydrogen-bond acceptors (Lipinski definition) is 2. The summed E-state index contributed by atoms with van der Waals surface area (Å²) in [6, 6.07) is 7.09. The molecule has 0 radical (unpaired) electrons. The van der Waals surface area contributed by atoms with Gasteiger partial charge in [0.1, 0.15) is 0 Å². The van der Waals surface area contributed by atoms with Gasteiger partial charge in [-0.15, -0.1) is 0 Å². The van der Waals surface area contributed by atoms with Crippen LogP contribution in [0.5, 0.6) is 0 Å². The quantitative estimate of drug-likeness (QED) is 0.905. The minimum Gasteiger partial charge on any atom is -0.371 e. The zero-order valence-electron chi connectivity index (χ0n) is 12.2. The molecule has 3 rings (SSSR count). The van der Waals surface area contributed by atoms with Gasteiger partial charge in [0.05, 0.1) is 0 Å². The van der Waals surface area contributed by atoms with Crippen LogP contribution in [-0.2, 0) is 6.42 Å². The Morgan fingerprint density at radius 1 is 1.10 bits per heavy atom. The van der Waals surface area contributed by atoms with Crippen molar-refractivity contribution in [3.8, 4) is 0 Å². The van der Waals surface area contributed by atoms with Gasteiger partial charge in [-0.1, -0.05) is 18.0 Å². The molecule has 2 nitrogen and oxygen atoms in total. The summed E-state index contributed by atoms with van der Waals surface area (Å²) in [5.74, 6) is 0. The summed E-state index contributed by atoms with van der Waals surface area (Å²) in [7, 11) is 0. The Morgan fingerprint density at radius 2 is 1.95 bits per heavy atom. The molecule has 0 amide bonds. The van der Waals surface area contributed by atoms with E-state index >= 15 is 0 Å². The molecule has 2 heterocycles. The molecule has 2 fully saturated rings. The van der Waals surface area contributed by atoms with Crippen molar-refractivity contribution in [1.29, 1.82) is 0 Å². The second-order valence-corrected chi connectivity index (χ2v) is 6.61. The molecule has 1 atom stereocenters. The lowest BCUT2D eigenvalue weighted by Crippen LogP contribution is -2.36. The van der Waals surface area contributed by atoms with Gasteiger partial charge in [0.25, 0.3) is 0 Å². The van der Waals surface area contributed by atoms with Crippen molar-refractivity contribution in [3.63, 3.8) is 0 Å². The van der Waals surface area contributed by atoms with E-state index in [1.165, 1.54) is 69.4 Å². The Bertz CT molecular complexity index is 435. The van der Waals surface area contributed by atoms with Crippen LogP contribution in [0.25, 0.3) is 0 Å². The van der Waals surface area contributed by atoms with Crippen LogP contribution in [0.1, 0.15) is 44.1 Å². The standard InChI is InChI=1S/C17H25ClN2/c18-15-7-8-17(20-10-4-1-5-11-20)14(12-15)13-16-6-2-3-9-19-16/h7-8,12,16,19H,1-6,9-11,13H2. The first-order valence-electron chi connectivity index (χ1n) is 8.10. The Morgan fingerprint density at radius 3 is 2.70 bits per heavy atom. The third-order valence-corrected chi connectivity index (χ3v) is 4.85. The fraction of sp³-hybridized carbons (Fsp3) is 0.647. The molecule has 0 spiro atoms. The van der Waals surface area contributed by atoms with Gasteiger partial charge in [0.2, 0.25) is 0 Å². The van der Waals surface area contributed by atoms with Crippen LogP contribution in [0.4, 0.5) is 5.69 Å². The normalized spacial score (nSPS) is 23.9. The van der Waals surface area contributed by atoms with Gasteiger partial charge in [-0.25, -0.2) is 0 Å². The lowest BCUT2D eigenvalue weighted by molar-refractivity contribution is 0.399. The van der Waals surface area contributed by atoms with E-state index in [2.05, 4.69) is 22.3 Å². The molecule has 1 aromatic rings. The average Bonchev–Trinajstić information content (AvgIpc) is 2.49. The van der Waals surface area contributed by atoms with Crippen LogP contribution in [0.3, 0.4) is 0 Å². The minimum atomic E-state index is 0.630. The fourth-order valence-corrected chi connectivity index (χ4v) is 3.72. The van der Waals surface area contributed by atoms with E-state index in [9.17, 15) is 0 Å². The van der Waals surface area contributed by atoms with E-state index < -0.39 is 0 Å². The van der Waals surface area contributed by atoms with Crippen molar-refractivity contribution < 1.29 is 0 Å². The predicted molar refractivity (Wildman–Crippen MR) is 86.9 cm³/mol. The molecular formula is C17H25ClN2. The number of piperidine rings is 2. The van der Waals surface area contributed by atoms with Crippen LogP contribution >= 0.6 is 11.6 Å². The molecule has 1 unspecified atom stereocenters. The second-order valence-electron chi connectivity index (χ2n) is 6.17. The summed E-state index contributed by atoms with van der Waals surface area (Å²) in [6.45, 7) is 3.57. The SMILES string of the molecule is Clc1ccc(N2CCCCC2)c(CC2CCCCN2)c1. The maximum atomic E-state index is 6.23. The van der Waals surface area contributed by atoms with E-state index in [1.807, 2.05) is 6.07 Å². The van der Waals surface area contributed by atoms with Crippen molar-refractivity contribution >= 4 is 17.3 Å².